The first kappa shape index (κ1) is 76.3. The Hall–Kier alpha value is -1.67. The highest BCUT2D eigenvalue weighted by molar-refractivity contribution is 5.80. The Labute approximate surface area is 492 Å². The Kier molecular flexibility index (Phi) is 55.1. The topological polar surface area (TPSA) is 189 Å². The molecule has 0 radical (unpaired) electrons. The number of hydrogen-bond acceptors (Lipinski definition) is 10. The molecule has 0 aromatic carbocycles. The summed E-state index contributed by atoms with van der Waals surface area (Å²) in [4.78, 5) is 13.2. The second-order valence-corrected chi connectivity index (χ2v) is 24.2. The van der Waals surface area contributed by atoms with Gasteiger partial charge in [-0.3, -0.25) is 4.79 Å². The normalized spacial score (nSPS) is 19.4. The van der Waals surface area contributed by atoms with Gasteiger partial charge in [0.2, 0.25) is 5.91 Å². The molecule has 0 aromatic heterocycles. The van der Waals surface area contributed by atoms with E-state index in [2.05, 4.69) is 55.6 Å². The Bertz CT molecular complexity index is 1390. The molecule has 1 fully saturated rings. The van der Waals surface area contributed by atoms with Crippen LogP contribution in [0.5, 0.6) is 0 Å². The molecular weight excluding hydrogens is 1000 g/mol. The van der Waals surface area contributed by atoms with Crippen LogP contribution in [-0.4, -0.2) is 110 Å². The summed E-state index contributed by atoms with van der Waals surface area (Å²) in [7, 11) is 0. The molecule has 472 valence electrons. The third-order valence-corrected chi connectivity index (χ3v) is 16.7. The Balaban J connectivity index is 2.21. The maximum absolute atomic E-state index is 13.2. The summed E-state index contributed by atoms with van der Waals surface area (Å²) in [6.07, 6.45) is 62.3. The summed E-state index contributed by atoms with van der Waals surface area (Å²) in [5.41, 5.74) is 0. The molecule has 9 atom stereocenters. The SMILES string of the molecule is CCCCCCCCCC/C=C/CC/C=C/CC/C=C/CCCC(O)C(O)C(COC1OC(CO)C(O)C(O)C1O)NC(=O)C(O)CCCCCCCCCCCCCCCCCCCCCCCCCCCCCCCCCC. The van der Waals surface area contributed by atoms with E-state index in [1.807, 2.05) is 0 Å². The molecule has 0 bridgehead atoms. The highest BCUT2D eigenvalue weighted by atomic mass is 16.7. The lowest BCUT2D eigenvalue weighted by Crippen LogP contribution is -2.60. The molecule has 0 aromatic rings. The zero-order valence-corrected chi connectivity index (χ0v) is 52.1. The number of carbonyl (C=O) groups is 1. The first-order valence-corrected chi connectivity index (χ1v) is 34.4. The van der Waals surface area contributed by atoms with E-state index in [9.17, 15) is 40.5 Å². The fraction of sp³-hybridized carbons (Fsp3) is 0.899. The van der Waals surface area contributed by atoms with Crippen LogP contribution >= 0.6 is 0 Å². The third kappa shape index (κ3) is 44.8. The van der Waals surface area contributed by atoms with Gasteiger partial charge in [-0.2, -0.15) is 0 Å². The molecule has 11 nitrogen and oxygen atoms in total. The maximum Gasteiger partial charge on any atom is 0.249 e. The predicted octanol–water partition coefficient (Wildman–Crippen LogP) is 16.2. The zero-order chi connectivity index (χ0) is 58.2. The van der Waals surface area contributed by atoms with Crippen molar-refractivity contribution in [2.45, 2.75) is 384 Å². The second-order valence-electron chi connectivity index (χ2n) is 24.2. The van der Waals surface area contributed by atoms with Gasteiger partial charge in [-0.1, -0.05) is 301 Å². The molecule has 11 heteroatoms. The molecule has 0 saturated carbocycles. The van der Waals surface area contributed by atoms with Crippen molar-refractivity contribution in [1.82, 2.24) is 5.32 Å². The van der Waals surface area contributed by atoms with E-state index in [-0.39, 0.29) is 12.8 Å². The van der Waals surface area contributed by atoms with Crippen molar-refractivity contribution >= 4 is 5.91 Å². The van der Waals surface area contributed by atoms with Crippen LogP contribution in [0, 0.1) is 0 Å². The molecule has 1 heterocycles. The van der Waals surface area contributed by atoms with E-state index in [1.54, 1.807) is 0 Å². The number of unbranched alkanes of at least 4 members (excludes halogenated alkanes) is 42. The number of carbonyl (C=O) groups excluding carboxylic acids is 1. The summed E-state index contributed by atoms with van der Waals surface area (Å²) in [6, 6.07) is -1.19. The summed E-state index contributed by atoms with van der Waals surface area (Å²) >= 11 is 0. The van der Waals surface area contributed by atoms with Gasteiger partial charge in [-0.25, -0.2) is 0 Å². The van der Waals surface area contributed by atoms with Crippen molar-refractivity contribution in [3.05, 3.63) is 36.5 Å². The Morgan fingerprint density at radius 3 is 1.11 bits per heavy atom. The van der Waals surface area contributed by atoms with Gasteiger partial charge in [0.05, 0.1) is 25.4 Å². The summed E-state index contributed by atoms with van der Waals surface area (Å²) in [6.45, 7) is 3.48. The molecule has 9 unspecified atom stereocenters. The lowest BCUT2D eigenvalue weighted by molar-refractivity contribution is -0.303. The standard InChI is InChI=1S/C69H131NO10/c1-3-5-7-9-11-13-15-17-19-21-23-25-26-27-28-29-30-31-32-33-34-35-37-39-41-43-45-47-49-51-53-55-57-62(73)68(78)70-60(59-79-69-67(77)66(76)65(75)63(58-71)80-69)64(74)61(72)56-54-52-50-48-46-44-42-40-38-36-24-22-20-18-16-14-12-10-8-6-4-2/h22,24,40,42,48,50,60-67,69,71-77H,3-21,23,25-39,41,43-47,49,51-59H2,1-2H3,(H,70,78)/b24-22+,42-40+,50-48+. The summed E-state index contributed by atoms with van der Waals surface area (Å²) in [5.74, 6) is -0.707. The van der Waals surface area contributed by atoms with Crippen molar-refractivity contribution < 1.29 is 50.0 Å². The highest BCUT2D eigenvalue weighted by Crippen LogP contribution is 2.24. The van der Waals surface area contributed by atoms with E-state index >= 15 is 0 Å². The van der Waals surface area contributed by atoms with Crippen LogP contribution in [0.1, 0.15) is 328 Å². The van der Waals surface area contributed by atoms with Crippen LogP contribution in [0.15, 0.2) is 36.5 Å². The van der Waals surface area contributed by atoms with Crippen LogP contribution in [0.2, 0.25) is 0 Å². The van der Waals surface area contributed by atoms with Gasteiger partial charge in [0.1, 0.15) is 36.6 Å². The van der Waals surface area contributed by atoms with E-state index in [0.29, 0.717) is 19.3 Å². The average molecular weight is 1130 g/mol. The number of nitrogens with one attached hydrogen (secondary N) is 1. The van der Waals surface area contributed by atoms with Crippen molar-refractivity contribution in [2.24, 2.45) is 0 Å². The van der Waals surface area contributed by atoms with Gasteiger partial charge in [-0.15, -0.1) is 0 Å². The minimum atomic E-state index is -1.67. The van der Waals surface area contributed by atoms with E-state index in [1.165, 1.54) is 238 Å². The van der Waals surface area contributed by atoms with Gasteiger partial charge < -0.3 is 50.5 Å². The largest absolute Gasteiger partial charge is 0.394 e. The van der Waals surface area contributed by atoms with Gasteiger partial charge in [-0.05, 0) is 64.2 Å². The number of allylic oxidation sites excluding steroid dienone is 6. The van der Waals surface area contributed by atoms with Crippen LogP contribution < -0.4 is 5.32 Å². The molecule has 1 saturated heterocycles. The zero-order valence-electron chi connectivity index (χ0n) is 52.1. The van der Waals surface area contributed by atoms with Gasteiger partial charge in [0.25, 0.3) is 0 Å². The highest BCUT2D eigenvalue weighted by Gasteiger charge is 2.44. The second kappa shape index (κ2) is 57.7. The number of aliphatic hydroxyl groups excluding tert-OH is 7. The minimum Gasteiger partial charge on any atom is -0.394 e. The van der Waals surface area contributed by atoms with Crippen LogP contribution in [0.25, 0.3) is 0 Å². The van der Waals surface area contributed by atoms with Crippen molar-refractivity contribution in [2.75, 3.05) is 13.2 Å². The number of hydrogen-bond donors (Lipinski definition) is 8. The number of rotatable bonds is 60. The third-order valence-electron chi connectivity index (χ3n) is 16.7. The molecule has 1 amide bonds. The van der Waals surface area contributed by atoms with Crippen molar-refractivity contribution in [3.63, 3.8) is 0 Å². The van der Waals surface area contributed by atoms with Crippen molar-refractivity contribution in [3.8, 4) is 0 Å². The molecule has 80 heavy (non-hydrogen) atoms. The smallest absolute Gasteiger partial charge is 0.249 e. The molecule has 8 N–H and O–H groups in total. The monoisotopic (exact) mass is 1130 g/mol. The molecular formula is C69H131NO10. The number of aliphatic hydroxyl groups is 7. The van der Waals surface area contributed by atoms with E-state index in [0.717, 1.165) is 44.9 Å². The minimum absolute atomic E-state index is 0.243. The number of ether oxygens (including phenoxy) is 2. The van der Waals surface area contributed by atoms with Gasteiger partial charge in [0.15, 0.2) is 6.29 Å². The Morgan fingerprint density at radius 2 is 0.750 bits per heavy atom. The molecule has 1 aliphatic heterocycles. The molecule has 0 spiro atoms. The Morgan fingerprint density at radius 1 is 0.425 bits per heavy atom. The summed E-state index contributed by atoms with van der Waals surface area (Å²) in [5, 5.41) is 76.4. The van der Waals surface area contributed by atoms with E-state index < -0.39 is 74.2 Å². The average Bonchev–Trinajstić information content (AvgIpc) is 3.48. The lowest BCUT2D eigenvalue weighted by atomic mass is 9.98. The van der Waals surface area contributed by atoms with Gasteiger partial charge >= 0.3 is 0 Å². The van der Waals surface area contributed by atoms with Crippen LogP contribution in [0.3, 0.4) is 0 Å². The predicted molar refractivity (Wildman–Crippen MR) is 335 cm³/mol. The van der Waals surface area contributed by atoms with E-state index in [4.69, 9.17) is 9.47 Å². The molecule has 1 aliphatic rings. The molecule has 1 rings (SSSR count). The molecule has 0 aliphatic carbocycles. The fourth-order valence-electron chi connectivity index (χ4n) is 11.1. The number of amides is 1. The van der Waals surface area contributed by atoms with Crippen molar-refractivity contribution in [1.29, 1.82) is 0 Å². The van der Waals surface area contributed by atoms with Gasteiger partial charge in [0, 0.05) is 0 Å². The van der Waals surface area contributed by atoms with Crippen LogP contribution in [-0.2, 0) is 14.3 Å². The van der Waals surface area contributed by atoms with Crippen LogP contribution in [0.4, 0.5) is 0 Å². The lowest BCUT2D eigenvalue weighted by Gasteiger charge is -2.40. The maximum atomic E-state index is 13.2. The fourth-order valence-corrected chi connectivity index (χ4v) is 11.1. The first-order valence-electron chi connectivity index (χ1n) is 34.4. The summed E-state index contributed by atoms with van der Waals surface area (Å²) < 4.78 is 11.2. The first-order chi connectivity index (χ1) is 39.2. The quantitative estimate of drug-likeness (QED) is 0.0215.